The number of nitrogens with one attached hydrogen (secondary N) is 1. The van der Waals surface area contributed by atoms with Crippen molar-refractivity contribution in [1.82, 2.24) is 9.55 Å². The van der Waals surface area contributed by atoms with Gasteiger partial charge in [0.1, 0.15) is 0 Å². The molecule has 0 unspecified atom stereocenters. The Morgan fingerprint density at radius 3 is 2.59 bits per heavy atom. The molecule has 0 atom stereocenters. The number of benzene rings is 2. The van der Waals surface area contributed by atoms with E-state index in [1.54, 1.807) is 13.1 Å². The first-order valence-electron chi connectivity index (χ1n) is 8.12. The predicted octanol–water partition coefficient (Wildman–Crippen LogP) is 4.49. The quantitative estimate of drug-likeness (QED) is 0.612. The van der Waals surface area contributed by atoms with Gasteiger partial charge in [0.05, 0.1) is 34.6 Å². The van der Waals surface area contributed by atoms with Crippen LogP contribution in [0.4, 0.5) is 10.1 Å². The number of aromatic carboxylic acids is 1. The van der Waals surface area contributed by atoms with Gasteiger partial charge in [-0.25, -0.2) is 14.2 Å². The molecule has 3 aromatic rings. The van der Waals surface area contributed by atoms with Gasteiger partial charge < -0.3 is 19.7 Å². The number of carbonyl (C=O) groups excluding carboxylic acids is 1. The molecule has 29 heavy (non-hydrogen) atoms. The molecule has 0 saturated carbocycles. The summed E-state index contributed by atoms with van der Waals surface area (Å²) in [7, 11) is 2.91. The van der Waals surface area contributed by atoms with Gasteiger partial charge in [-0.05, 0) is 30.3 Å². The fraction of sp³-hybridized carbons (Fsp3) is 0.105. The van der Waals surface area contributed by atoms with Crippen LogP contribution in [0.3, 0.4) is 0 Å². The fourth-order valence-electron chi connectivity index (χ4n) is 2.71. The van der Waals surface area contributed by atoms with Crippen LogP contribution in [0.1, 0.15) is 21.0 Å². The number of halogens is 3. The third kappa shape index (κ3) is 3.90. The highest BCUT2D eigenvalue weighted by atomic mass is 35.5. The Bertz CT molecular complexity index is 1130. The first kappa shape index (κ1) is 20.6. The van der Waals surface area contributed by atoms with Crippen molar-refractivity contribution < 1.29 is 23.8 Å². The van der Waals surface area contributed by atoms with Crippen molar-refractivity contribution in [3.05, 3.63) is 63.8 Å². The Balaban J connectivity index is 1.90. The van der Waals surface area contributed by atoms with Crippen LogP contribution >= 0.6 is 23.2 Å². The minimum absolute atomic E-state index is 0.000529. The summed E-state index contributed by atoms with van der Waals surface area (Å²) in [5.41, 5.74) is 0.969. The third-order valence-electron chi connectivity index (χ3n) is 4.19. The van der Waals surface area contributed by atoms with Crippen molar-refractivity contribution in [1.29, 1.82) is 0 Å². The molecule has 1 aromatic heterocycles. The largest absolute Gasteiger partial charge is 0.494 e. The minimum Gasteiger partial charge on any atom is -0.494 e. The van der Waals surface area contributed by atoms with E-state index in [2.05, 4.69) is 10.3 Å². The molecule has 1 amide bonds. The number of nitrogens with zero attached hydrogens (tertiary/aromatic N) is 2. The van der Waals surface area contributed by atoms with Gasteiger partial charge in [0.15, 0.2) is 17.4 Å². The number of methoxy groups -OCH3 is 1. The Morgan fingerprint density at radius 2 is 1.97 bits per heavy atom. The molecule has 0 aliphatic rings. The highest BCUT2D eigenvalue weighted by Gasteiger charge is 2.20. The smallest absolute Gasteiger partial charge is 0.337 e. The summed E-state index contributed by atoms with van der Waals surface area (Å²) in [5, 5.41) is 11.4. The number of rotatable bonds is 5. The van der Waals surface area contributed by atoms with E-state index in [1.807, 2.05) is 0 Å². The van der Waals surface area contributed by atoms with E-state index in [4.69, 9.17) is 33.0 Å². The number of aromatic nitrogens is 2. The van der Waals surface area contributed by atoms with Crippen molar-refractivity contribution >= 4 is 40.8 Å². The molecule has 0 aliphatic carbocycles. The van der Waals surface area contributed by atoms with Gasteiger partial charge in [-0.1, -0.05) is 23.2 Å². The molecule has 150 valence electrons. The number of amides is 1. The van der Waals surface area contributed by atoms with Gasteiger partial charge in [-0.3, -0.25) is 4.79 Å². The highest BCUT2D eigenvalue weighted by molar-refractivity contribution is 6.34. The standard InChI is InChI=1S/C19H14Cl2FN3O4/c1-25-13(11-5-6-14(29-2)16(22)15(11)21)8-23-17(25)18(26)24-9-3-4-10(19(27)28)12(20)7-9/h3-8H,1-2H3,(H,24,26)(H,27,28). The first-order valence-corrected chi connectivity index (χ1v) is 8.88. The average molecular weight is 438 g/mol. The summed E-state index contributed by atoms with van der Waals surface area (Å²) < 4.78 is 20.6. The van der Waals surface area contributed by atoms with Crippen LogP contribution in [-0.4, -0.2) is 33.6 Å². The van der Waals surface area contributed by atoms with Gasteiger partial charge in [-0.15, -0.1) is 0 Å². The summed E-state index contributed by atoms with van der Waals surface area (Å²) >= 11 is 12.0. The Morgan fingerprint density at radius 1 is 1.24 bits per heavy atom. The minimum atomic E-state index is -1.18. The zero-order valence-electron chi connectivity index (χ0n) is 15.2. The zero-order valence-corrected chi connectivity index (χ0v) is 16.7. The molecule has 0 saturated heterocycles. The molecule has 0 aliphatic heterocycles. The fourth-order valence-corrected chi connectivity index (χ4v) is 3.23. The van der Waals surface area contributed by atoms with Crippen LogP contribution in [0.2, 0.25) is 10.0 Å². The van der Waals surface area contributed by atoms with Crippen molar-refractivity contribution in [3.63, 3.8) is 0 Å². The average Bonchev–Trinajstić information content (AvgIpc) is 3.05. The molecule has 0 bridgehead atoms. The molecule has 0 radical (unpaired) electrons. The van der Waals surface area contributed by atoms with Crippen molar-refractivity contribution in [2.45, 2.75) is 0 Å². The Kier molecular flexibility index (Phi) is 5.76. The topological polar surface area (TPSA) is 93.4 Å². The second-order valence-corrected chi connectivity index (χ2v) is 6.71. The normalized spacial score (nSPS) is 10.7. The van der Waals surface area contributed by atoms with Crippen molar-refractivity contribution in [2.24, 2.45) is 7.05 Å². The first-order chi connectivity index (χ1) is 13.7. The summed E-state index contributed by atoms with van der Waals surface area (Å²) in [6, 6.07) is 7.00. The van der Waals surface area contributed by atoms with E-state index >= 15 is 0 Å². The number of hydrogen-bond acceptors (Lipinski definition) is 4. The molecule has 1 heterocycles. The van der Waals surface area contributed by atoms with Gasteiger partial charge in [0.2, 0.25) is 0 Å². The summed E-state index contributed by atoms with van der Waals surface area (Å²) in [5.74, 6) is -2.42. The number of carboxylic acids is 1. The SMILES string of the molecule is COc1ccc(-c2cnc(C(=O)Nc3ccc(C(=O)O)c(Cl)c3)n2C)c(Cl)c1F. The zero-order chi connectivity index (χ0) is 21.3. The number of ether oxygens (including phenoxy) is 1. The van der Waals surface area contributed by atoms with Crippen LogP contribution in [-0.2, 0) is 7.05 Å². The number of anilines is 1. The molecule has 7 nitrogen and oxygen atoms in total. The van der Waals surface area contributed by atoms with Crippen LogP contribution in [0.25, 0.3) is 11.3 Å². The maximum atomic E-state index is 14.2. The highest BCUT2D eigenvalue weighted by Crippen LogP contribution is 2.35. The van der Waals surface area contributed by atoms with E-state index in [0.29, 0.717) is 16.9 Å². The van der Waals surface area contributed by atoms with E-state index in [9.17, 15) is 14.0 Å². The molecule has 3 rings (SSSR count). The van der Waals surface area contributed by atoms with Crippen molar-refractivity contribution in [3.8, 4) is 17.0 Å². The molecular weight excluding hydrogens is 424 g/mol. The van der Waals surface area contributed by atoms with Crippen LogP contribution in [0.15, 0.2) is 36.5 Å². The van der Waals surface area contributed by atoms with E-state index in [0.717, 1.165) is 0 Å². The lowest BCUT2D eigenvalue weighted by Crippen LogP contribution is -2.17. The number of carboxylic acid groups (broad SMARTS) is 1. The maximum absolute atomic E-state index is 14.2. The van der Waals surface area contributed by atoms with E-state index in [1.165, 1.54) is 42.1 Å². The molecule has 2 aromatic carbocycles. The van der Waals surface area contributed by atoms with Gasteiger partial charge in [-0.2, -0.15) is 0 Å². The number of carbonyl (C=O) groups is 2. The predicted molar refractivity (Wildman–Crippen MR) is 107 cm³/mol. The number of hydrogen-bond donors (Lipinski definition) is 2. The van der Waals surface area contributed by atoms with Crippen LogP contribution in [0.5, 0.6) is 5.75 Å². The Labute approximate surface area is 174 Å². The number of imidazole rings is 1. The maximum Gasteiger partial charge on any atom is 0.337 e. The lowest BCUT2D eigenvalue weighted by Gasteiger charge is -2.11. The second-order valence-electron chi connectivity index (χ2n) is 5.92. The molecular formula is C19H14Cl2FN3O4. The lowest BCUT2D eigenvalue weighted by molar-refractivity contribution is 0.0697. The molecule has 2 N–H and O–H groups in total. The van der Waals surface area contributed by atoms with E-state index < -0.39 is 17.7 Å². The lowest BCUT2D eigenvalue weighted by atomic mass is 10.1. The van der Waals surface area contributed by atoms with Crippen LogP contribution < -0.4 is 10.1 Å². The monoisotopic (exact) mass is 437 g/mol. The summed E-state index contributed by atoms with van der Waals surface area (Å²) in [6.07, 6.45) is 1.39. The molecule has 10 heteroatoms. The van der Waals surface area contributed by atoms with E-state index in [-0.39, 0.29) is 27.2 Å². The molecule has 0 fully saturated rings. The Hall–Kier alpha value is -3.10. The van der Waals surface area contributed by atoms with Crippen molar-refractivity contribution in [2.75, 3.05) is 12.4 Å². The second kappa shape index (κ2) is 8.10. The van der Waals surface area contributed by atoms with Gasteiger partial charge >= 0.3 is 5.97 Å². The third-order valence-corrected chi connectivity index (χ3v) is 4.87. The molecule has 0 spiro atoms. The summed E-state index contributed by atoms with van der Waals surface area (Å²) in [4.78, 5) is 27.7. The van der Waals surface area contributed by atoms with Gasteiger partial charge in [0.25, 0.3) is 5.91 Å². The summed E-state index contributed by atoms with van der Waals surface area (Å²) in [6.45, 7) is 0. The van der Waals surface area contributed by atoms with Crippen LogP contribution in [0, 0.1) is 5.82 Å². The van der Waals surface area contributed by atoms with Gasteiger partial charge in [0, 0.05) is 18.3 Å².